The Morgan fingerprint density at radius 1 is 1.07 bits per heavy atom. The number of unbranched alkanes of at least 4 members (excludes halogenated alkanes) is 1. The predicted molar refractivity (Wildman–Crippen MR) is 111 cm³/mol. The third kappa shape index (κ3) is 4.54. The lowest BCUT2D eigenvalue weighted by atomic mass is 9.84. The van der Waals surface area contributed by atoms with Crippen LogP contribution in [-0.2, 0) is 4.74 Å². The van der Waals surface area contributed by atoms with Crippen molar-refractivity contribution in [1.29, 1.82) is 0 Å². The fraction of sp³-hybridized carbons (Fsp3) is 0.682. The average Bonchev–Trinajstić information content (AvgIpc) is 2.75. The molecule has 0 atom stereocenters. The van der Waals surface area contributed by atoms with Crippen molar-refractivity contribution >= 4 is 16.9 Å². The molecule has 1 saturated heterocycles. The lowest BCUT2D eigenvalue weighted by Gasteiger charge is -2.25. The molecule has 0 radical (unpaired) electrons. The van der Waals surface area contributed by atoms with Crippen LogP contribution in [0.5, 0.6) is 5.88 Å². The summed E-state index contributed by atoms with van der Waals surface area (Å²) in [5.41, 5.74) is 2.27. The quantitative estimate of drug-likeness (QED) is 0.689. The zero-order valence-corrected chi connectivity index (χ0v) is 17.0. The number of pyridine rings is 1. The van der Waals surface area contributed by atoms with Gasteiger partial charge in [0.2, 0.25) is 11.8 Å². The van der Waals surface area contributed by atoms with Gasteiger partial charge in [0.05, 0.1) is 24.1 Å². The van der Waals surface area contributed by atoms with Gasteiger partial charge >= 0.3 is 0 Å². The maximum absolute atomic E-state index is 6.26. The fourth-order valence-electron chi connectivity index (χ4n) is 4.24. The second kappa shape index (κ2) is 9.50. The molecule has 6 heteroatoms. The van der Waals surface area contributed by atoms with Crippen LogP contribution in [0.4, 0.5) is 5.95 Å². The van der Waals surface area contributed by atoms with Crippen LogP contribution < -0.4 is 10.1 Å². The number of nitrogens with zero attached hydrogens (tertiary/aromatic N) is 3. The minimum Gasteiger partial charge on any atom is -0.474 e. The average molecular weight is 385 g/mol. The van der Waals surface area contributed by atoms with E-state index in [1.165, 1.54) is 37.7 Å². The Bertz CT molecular complexity index is 770. The number of fused-ring (bicyclic) bond motifs is 1. The van der Waals surface area contributed by atoms with Gasteiger partial charge in [-0.15, -0.1) is 0 Å². The van der Waals surface area contributed by atoms with Crippen LogP contribution >= 0.6 is 0 Å². The van der Waals surface area contributed by atoms with Gasteiger partial charge in [0.1, 0.15) is 6.10 Å². The molecule has 3 heterocycles. The minimum atomic E-state index is 0.160. The van der Waals surface area contributed by atoms with Gasteiger partial charge in [-0.25, -0.2) is 15.0 Å². The number of rotatable bonds is 7. The summed E-state index contributed by atoms with van der Waals surface area (Å²) in [6.45, 7) is 4.60. The number of ether oxygens (including phenoxy) is 2. The van der Waals surface area contributed by atoms with Gasteiger partial charge in [0, 0.05) is 37.3 Å². The SMILES string of the molecule is CCCCNc1ncc2c(OC3CCOCC3)ncc(C3CCCCC3)c2n1. The summed E-state index contributed by atoms with van der Waals surface area (Å²) in [6.07, 6.45) is 14.5. The Morgan fingerprint density at radius 3 is 2.68 bits per heavy atom. The second-order valence-electron chi connectivity index (χ2n) is 8.02. The molecular weight excluding hydrogens is 352 g/mol. The number of aromatic nitrogens is 3. The van der Waals surface area contributed by atoms with Crippen molar-refractivity contribution in [2.75, 3.05) is 25.1 Å². The van der Waals surface area contributed by atoms with E-state index < -0.39 is 0 Å². The van der Waals surface area contributed by atoms with E-state index in [0.717, 1.165) is 56.3 Å². The Balaban J connectivity index is 1.66. The molecule has 4 rings (SSSR count). The molecule has 0 aromatic carbocycles. The van der Waals surface area contributed by atoms with E-state index >= 15 is 0 Å². The molecule has 28 heavy (non-hydrogen) atoms. The van der Waals surface area contributed by atoms with Crippen molar-refractivity contribution in [2.45, 2.75) is 76.7 Å². The highest BCUT2D eigenvalue weighted by Crippen LogP contribution is 2.37. The maximum atomic E-state index is 6.26. The summed E-state index contributed by atoms with van der Waals surface area (Å²) in [7, 11) is 0. The number of hydrogen-bond donors (Lipinski definition) is 1. The molecule has 1 saturated carbocycles. The van der Waals surface area contributed by atoms with Gasteiger partial charge in [-0.2, -0.15) is 0 Å². The lowest BCUT2D eigenvalue weighted by molar-refractivity contribution is 0.0244. The Morgan fingerprint density at radius 2 is 1.89 bits per heavy atom. The largest absolute Gasteiger partial charge is 0.474 e. The van der Waals surface area contributed by atoms with Gasteiger partial charge in [-0.3, -0.25) is 0 Å². The first kappa shape index (κ1) is 19.4. The van der Waals surface area contributed by atoms with Gasteiger partial charge in [0.25, 0.3) is 0 Å². The molecule has 1 aliphatic heterocycles. The number of nitrogens with one attached hydrogen (secondary N) is 1. The molecule has 2 aromatic rings. The first-order valence-electron chi connectivity index (χ1n) is 11.0. The summed E-state index contributed by atoms with van der Waals surface area (Å²) in [5.74, 6) is 1.92. The fourth-order valence-corrected chi connectivity index (χ4v) is 4.24. The first-order valence-corrected chi connectivity index (χ1v) is 11.0. The van der Waals surface area contributed by atoms with Gasteiger partial charge in [-0.05, 0) is 25.2 Å². The molecule has 152 valence electrons. The van der Waals surface area contributed by atoms with E-state index in [-0.39, 0.29) is 6.10 Å². The summed E-state index contributed by atoms with van der Waals surface area (Å²) in [5, 5.41) is 4.31. The molecule has 0 unspecified atom stereocenters. The van der Waals surface area contributed by atoms with Crippen LogP contribution in [0.2, 0.25) is 0 Å². The standard InChI is InChI=1S/C22H32N4O2/c1-2-3-11-23-22-25-15-19-20(26-22)18(16-7-5-4-6-8-16)14-24-21(19)28-17-9-12-27-13-10-17/h14-17H,2-13H2,1H3,(H,23,25,26). The van der Waals surface area contributed by atoms with Crippen molar-refractivity contribution < 1.29 is 9.47 Å². The normalized spacial score (nSPS) is 19.0. The molecule has 2 fully saturated rings. The summed E-state index contributed by atoms with van der Waals surface area (Å²) in [4.78, 5) is 14.2. The van der Waals surface area contributed by atoms with Crippen LogP contribution in [0.25, 0.3) is 10.9 Å². The van der Waals surface area contributed by atoms with Crippen molar-refractivity contribution in [3.05, 3.63) is 18.0 Å². The molecule has 0 bridgehead atoms. The predicted octanol–water partition coefficient (Wildman–Crippen LogP) is 4.84. The number of hydrogen-bond acceptors (Lipinski definition) is 6. The van der Waals surface area contributed by atoms with E-state index in [1.807, 2.05) is 12.4 Å². The highest BCUT2D eigenvalue weighted by Gasteiger charge is 2.23. The summed E-state index contributed by atoms with van der Waals surface area (Å²) >= 11 is 0. The van der Waals surface area contributed by atoms with Crippen LogP contribution in [0, 0.1) is 0 Å². The van der Waals surface area contributed by atoms with E-state index in [1.54, 1.807) is 0 Å². The van der Waals surface area contributed by atoms with Gasteiger partial charge in [0.15, 0.2) is 0 Å². The van der Waals surface area contributed by atoms with E-state index in [2.05, 4.69) is 17.2 Å². The third-order valence-electron chi connectivity index (χ3n) is 5.92. The van der Waals surface area contributed by atoms with Crippen molar-refractivity contribution in [1.82, 2.24) is 15.0 Å². The Kier molecular flexibility index (Phi) is 6.57. The van der Waals surface area contributed by atoms with Crippen molar-refractivity contribution in [3.63, 3.8) is 0 Å². The topological polar surface area (TPSA) is 69.2 Å². The Labute approximate surface area is 167 Å². The minimum absolute atomic E-state index is 0.160. The Hall–Kier alpha value is -1.95. The van der Waals surface area contributed by atoms with Crippen LogP contribution in [-0.4, -0.2) is 40.8 Å². The monoisotopic (exact) mass is 384 g/mol. The molecule has 0 spiro atoms. The van der Waals surface area contributed by atoms with Crippen LogP contribution in [0.1, 0.15) is 76.2 Å². The van der Waals surface area contributed by atoms with Crippen molar-refractivity contribution in [2.24, 2.45) is 0 Å². The van der Waals surface area contributed by atoms with Gasteiger partial charge < -0.3 is 14.8 Å². The van der Waals surface area contributed by atoms with E-state index in [0.29, 0.717) is 17.7 Å². The van der Waals surface area contributed by atoms with Crippen LogP contribution in [0.15, 0.2) is 12.4 Å². The summed E-state index contributed by atoms with van der Waals surface area (Å²) in [6, 6.07) is 0. The zero-order valence-electron chi connectivity index (χ0n) is 17.0. The second-order valence-corrected chi connectivity index (χ2v) is 8.02. The van der Waals surface area contributed by atoms with Crippen LogP contribution in [0.3, 0.4) is 0 Å². The maximum Gasteiger partial charge on any atom is 0.224 e. The van der Waals surface area contributed by atoms with E-state index in [4.69, 9.17) is 19.4 Å². The highest BCUT2D eigenvalue weighted by atomic mass is 16.5. The lowest BCUT2D eigenvalue weighted by Crippen LogP contribution is -2.26. The van der Waals surface area contributed by atoms with Gasteiger partial charge in [-0.1, -0.05) is 32.6 Å². The third-order valence-corrected chi connectivity index (χ3v) is 5.92. The number of anilines is 1. The molecular formula is C22H32N4O2. The smallest absolute Gasteiger partial charge is 0.224 e. The molecule has 1 N–H and O–H groups in total. The highest BCUT2D eigenvalue weighted by molar-refractivity contribution is 5.86. The first-order chi connectivity index (χ1) is 13.8. The van der Waals surface area contributed by atoms with E-state index in [9.17, 15) is 0 Å². The molecule has 0 amide bonds. The molecule has 6 nitrogen and oxygen atoms in total. The molecule has 1 aliphatic carbocycles. The molecule has 2 aromatic heterocycles. The summed E-state index contributed by atoms with van der Waals surface area (Å²) < 4.78 is 11.7. The molecule has 2 aliphatic rings. The van der Waals surface area contributed by atoms with Crippen molar-refractivity contribution in [3.8, 4) is 5.88 Å². The zero-order chi connectivity index (χ0) is 19.2.